The zero-order valence-electron chi connectivity index (χ0n) is 11.0. The third-order valence-corrected chi connectivity index (χ3v) is 2.92. The van der Waals surface area contributed by atoms with Crippen LogP contribution in [0.25, 0.3) is 0 Å². The zero-order valence-corrected chi connectivity index (χ0v) is 11.0. The molecular weight excluding hydrogens is 256 g/mol. The number of para-hydroxylation sites is 1. The van der Waals surface area contributed by atoms with E-state index in [4.69, 9.17) is 0 Å². The summed E-state index contributed by atoms with van der Waals surface area (Å²) in [4.78, 5) is 22.3. The molecule has 0 bridgehead atoms. The summed E-state index contributed by atoms with van der Waals surface area (Å²) in [5.74, 6) is -0.446. The highest BCUT2D eigenvalue weighted by molar-refractivity contribution is 5.98. The Labute approximate surface area is 116 Å². The number of carbonyl (C=O) groups excluding carboxylic acids is 1. The molecule has 0 unspecified atom stereocenters. The maximum absolute atomic E-state index is 12.0. The lowest BCUT2D eigenvalue weighted by molar-refractivity contribution is -0.385. The van der Waals surface area contributed by atoms with Gasteiger partial charge in [0.2, 0.25) is 0 Å². The van der Waals surface area contributed by atoms with E-state index >= 15 is 0 Å². The van der Waals surface area contributed by atoms with Crippen molar-refractivity contribution in [2.75, 3.05) is 0 Å². The molecule has 0 aliphatic rings. The Balaban J connectivity index is 2.09. The molecule has 0 radical (unpaired) electrons. The number of carbonyl (C=O) groups is 1. The zero-order chi connectivity index (χ0) is 14.5. The predicted molar refractivity (Wildman–Crippen MR) is 75.4 cm³/mol. The van der Waals surface area contributed by atoms with Gasteiger partial charge in [-0.3, -0.25) is 14.9 Å². The first-order valence-electron chi connectivity index (χ1n) is 6.15. The van der Waals surface area contributed by atoms with Crippen LogP contribution in [-0.4, -0.2) is 10.8 Å². The molecule has 5 nitrogen and oxygen atoms in total. The highest BCUT2D eigenvalue weighted by atomic mass is 16.6. The largest absolute Gasteiger partial charge is 0.348 e. The van der Waals surface area contributed by atoms with Gasteiger partial charge in [0.15, 0.2) is 0 Å². The monoisotopic (exact) mass is 270 g/mol. The number of amides is 1. The number of nitro groups is 1. The quantitative estimate of drug-likeness (QED) is 0.685. The third-order valence-electron chi connectivity index (χ3n) is 2.92. The highest BCUT2D eigenvalue weighted by Gasteiger charge is 2.18. The standard InChI is InChI=1S/C15H14N2O3/c1-11-6-8-12(9-7-11)10-16-15(18)13-4-2-3-5-14(13)17(19)20/h2-9H,10H2,1H3,(H,16,18). The molecule has 0 aromatic heterocycles. The van der Waals surface area contributed by atoms with Gasteiger partial charge in [-0.25, -0.2) is 0 Å². The van der Waals surface area contributed by atoms with Crippen molar-refractivity contribution in [2.45, 2.75) is 13.5 Å². The van der Waals surface area contributed by atoms with E-state index in [1.54, 1.807) is 6.07 Å². The summed E-state index contributed by atoms with van der Waals surface area (Å²) in [6.45, 7) is 2.32. The topological polar surface area (TPSA) is 72.2 Å². The fourth-order valence-electron chi connectivity index (χ4n) is 1.81. The van der Waals surface area contributed by atoms with Crippen LogP contribution >= 0.6 is 0 Å². The maximum atomic E-state index is 12.0. The van der Waals surface area contributed by atoms with Gasteiger partial charge in [-0.05, 0) is 18.6 Å². The second-order valence-electron chi connectivity index (χ2n) is 4.44. The number of rotatable bonds is 4. The molecule has 0 aliphatic carbocycles. The molecular formula is C15H14N2O3. The van der Waals surface area contributed by atoms with Crippen molar-refractivity contribution < 1.29 is 9.72 Å². The van der Waals surface area contributed by atoms with Crippen molar-refractivity contribution in [3.05, 3.63) is 75.3 Å². The Morgan fingerprint density at radius 3 is 2.45 bits per heavy atom. The molecule has 0 aliphatic heterocycles. The van der Waals surface area contributed by atoms with Gasteiger partial charge >= 0.3 is 0 Å². The lowest BCUT2D eigenvalue weighted by Gasteiger charge is -2.06. The second kappa shape index (κ2) is 5.97. The van der Waals surface area contributed by atoms with E-state index in [9.17, 15) is 14.9 Å². The summed E-state index contributed by atoms with van der Waals surface area (Å²) in [5.41, 5.74) is 1.97. The van der Waals surface area contributed by atoms with E-state index in [0.29, 0.717) is 6.54 Å². The van der Waals surface area contributed by atoms with Gasteiger partial charge in [0.05, 0.1) is 4.92 Å². The Hall–Kier alpha value is -2.69. The molecule has 102 valence electrons. The molecule has 0 spiro atoms. The van der Waals surface area contributed by atoms with Crippen molar-refractivity contribution in [1.29, 1.82) is 0 Å². The Morgan fingerprint density at radius 2 is 1.80 bits per heavy atom. The first kappa shape index (κ1) is 13.7. The second-order valence-corrected chi connectivity index (χ2v) is 4.44. The van der Waals surface area contributed by atoms with Crippen LogP contribution in [0.4, 0.5) is 5.69 Å². The maximum Gasteiger partial charge on any atom is 0.282 e. The molecule has 2 aromatic carbocycles. The van der Waals surface area contributed by atoms with E-state index in [1.807, 2.05) is 31.2 Å². The van der Waals surface area contributed by atoms with Crippen LogP contribution in [0.1, 0.15) is 21.5 Å². The molecule has 2 rings (SSSR count). The van der Waals surface area contributed by atoms with Crippen LogP contribution in [0.5, 0.6) is 0 Å². The molecule has 5 heteroatoms. The summed E-state index contributed by atoms with van der Waals surface area (Å²) < 4.78 is 0. The smallest absolute Gasteiger partial charge is 0.282 e. The Kier molecular flexibility index (Phi) is 4.10. The fourth-order valence-corrected chi connectivity index (χ4v) is 1.81. The average molecular weight is 270 g/mol. The molecule has 0 atom stereocenters. The van der Waals surface area contributed by atoms with Gasteiger partial charge in [0.1, 0.15) is 5.56 Å². The van der Waals surface area contributed by atoms with Crippen molar-refractivity contribution in [3.8, 4) is 0 Å². The third kappa shape index (κ3) is 3.20. The minimum Gasteiger partial charge on any atom is -0.348 e. The van der Waals surface area contributed by atoms with Crippen molar-refractivity contribution in [2.24, 2.45) is 0 Å². The van der Waals surface area contributed by atoms with Crippen molar-refractivity contribution >= 4 is 11.6 Å². The molecule has 20 heavy (non-hydrogen) atoms. The summed E-state index contributed by atoms with van der Waals surface area (Å²) in [6, 6.07) is 13.6. The van der Waals surface area contributed by atoms with Crippen LogP contribution in [0, 0.1) is 17.0 Å². The number of hydrogen-bond acceptors (Lipinski definition) is 3. The van der Waals surface area contributed by atoms with Crippen LogP contribution in [0.15, 0.2) is 48.5 Å². The van der Waals surface area contributed by atoms with E-state index < -0.39 is 10.8 Å². The Morgan fingerprint density at radius 1 is 1.15 bits per heavy atom. The first-order chi connectivity index (χ1) is 9.58. The minimum absolute atomic E-state index is 0.0737. The van der Waals surface area contributed by atoms with Gasteiger partial charge in [-0.1, -0.05) is 42.0 Å². The lowest BCUT2D eigenvalue weighted by atomic mass is 10.1. The van der Waals surface area contributed by atoms with Crippen LogP contribution in [0.3, 0.4) is 0 Å². The predicted octanol–water partition coefficient (Wildman–Crippen LogP) is 2.83. The van der Waals surface area contributed by atoms with E-state index in [0.717, 1.165) is 11.1 Å². The molecule has 0 fully saturated rings. The first-order valence-corrected chi connectivity index (χ1v) is 6.15. The van der Waals surface area contributed by atoms with Gasteiger partial charge in [-0.2, -0.15) is 0 Å². The van der Waals surface area contributed by atoms with Gasteiger partial charge in [0.25, 0.3) is 11.6 Å². The number of nitro benzene ring substituents is 1. The van der Waals surface area contributed by atoms with Gasteiger partial charge < -0.3 is 5.32 Å². The number of nitrogens with zero attached hydrogens (tertiary/aromatic N) is 1. The van der Waals surface area contributed by atoms with Crippen molar-refractivity contribution in [3.63, 3.8) is 0 Å². The summed E-state index contributed by atoms with van der Waals surface area (Å²) in [6.07, 6.45) is 0. The SMILES string of the molecule is Cc1ccc(CNC(=O)c2ccccc2[N+](=O)[O-])cc1. The lowest BCUT2D eigenvalue weighted by Crippen LogP contribution is -2.23. The van der Waals surface area contributed by atoms with Crippen LogP contribution in [-0.2, 0) is 6.54 Å². The fraction of sp³-hybridized carbons (Fsp3) is 0.133. The number of aryl methyl sites for hydroxylation is 1. The number of nitrogens with one attached hydrogen (secondary N) is 1. The van der Waals surface area contributed by atoms with Crippen LogP contribution < -0.4 is 5.32 Å². The molecule has 1 amide bonds. The van der Waals surface area contributed by atoms with E-state index in [1.165, 1.54) is 18.2 Å². The molecule has 0 saturated carbocycles. The minimum atomic E-state index is -0.555. The Bertz CT molecular complexity index is 636. The number of hydrogen-bond donors (Lipinski definition) is 1. The number of benzene rings is 2. The molecule has 1 N–H and O–H groups in total. The summed E-state index contributed by atoms with van der Waals surface area (Å²) >= 11 is 0. The van der Waals surface area contributed by atoms with Gasteiger partial charge in [0, 0.05) is 12.6 Å². The molecule has 0 heterocycles. The normalized spacial score (nSPS) is 10.1. The average Bonchev–Trinajstić information content (AvgIpc) is 2.46. The van der Waals surface area contributed by atoms with Crippen molar-refractivity contribution in [1.82, 2.24) is 5.32 Å². The molecule has 2 aromatic rings. The van der Waals surface area contributed by atoms with E-state index in [-0.39, 0.29) is 11.3 Å². The summed E-state index contributed by atoms with van der Waals surface area (Å²) in [7, 11) is 0. The molecule has 0 saturated heterocycles. The highest BCUT2D eigenvalue weighted by Crippen LogP contribution is 2.17. The van der Waals surface area contributed by atoms with E-state index in [2.05, 4.69) is 5.32 Å². The van der Waals surface area contributed by atoms with Gasteiger partial charge in [-0.15, -0.1) is 0 Å². The summed E-state index contributed by atoms with van der Waals surface area (Å²) in [5, 5.41) is 13.6. The van der Waals surface area contributed by atoms with Crippen LogP contribution in [0.2, 0.25) is 0 Å².